The molecule has 0 saturated heterocycles. The SMILES string of the molecule is O=[N+]([O-])[O-].[Br+]. The molecule has 0 aliphatic carbocycles. The van der Waals surface area contributed by atoms with Crippen LogP contribution in [0.4, 0.5) is 0 Å². The zero-order chi connectivity index (χ0) is 3.58. The Morgan fingerprint density at radius 2 is 1.40 bits per heavy atom. The van der Waals surface area contributed by atoms with Crippen molar-refractivity contribution >= 4 is 0 Å². The van der Waals surface area contributed by atoms with Gasteiger partial charge < -0.3 is 15.3 Å². The van der Waals surface area contributed by atoms with Crippen molar-refractivity contribution in [3.63, 3.8) is 0 Å². The Bertz CT molecular complexity index is 29.9. The minimum Gasteiger partial charge on any atom is -0.356 e. The molecule has 0 aromatic carbocycles. The Hall–Kier alpha value is -0.320. The molecule has 0 rings (SSSR count). The molecule has 0 bridgehead atoms. The summed E-state index contributed by atoms with van der Waals surface area (Å²) in [5.74, 6) is 0. The third kappa shape index (κ3) is 101. The highest BCUT2D eigenvalue weighted by molar-refractivity contribution is 4.03. The molecule has 0 aromatic rings. The predicted octanol–water partition coefficient (Wildman–Crippen LogP) is -0.239. The molecule has 5 heteroatoms. The molecule has 0 aromatic heterocycles. The lowest BCUT2D eigenvalue weighted by molar-refractivity contribution is -0.402. The van der Waals surface area contributed by atoms with Crippen LogP contribution in [-0.2, 0) is 0 Å². The number of rotatable bonds is 0. The molecule has 0 fully saturated rings. The average Bonchev–Trinajstić information content (AvgIpc) is 0.811. The number of hydrogen-bond acceptors (Lipinski definition) is 3. The molecular weight excluding hydrogens is 142 g/mol. The quantitative estimate of drug-likeness (QED) is 0.346. The van der Waals surface area contributed by atoms with E-state index in [-0.39, 0.29) is 17.0 Å². The largest absolute Gasteiger partial charge is 1.00 e. The molecule has 0 atom stereocenters. The highest BCUT2D eigenvalue weighted by atomic mass is 79.9. The minimum atomic E-state index is -1.75. The standard InChI is InChI=1S/Br.NO3/c;2-1(3)4/q+1;-1. The fraction of sp³-hybridized carbons (Fsp3) is 0. The molecule has 0 unspecified atom stereocenters. The van der Waals surface area contributed by atoms with Crippen molar-refractivity contribution in [1.29, 1.82) is 0 Å². The molecule has 0 N–H and O–H groups in total. The fourth-order valence-electron chi connectivity index (χ4n) is 0. The summed E-state index contributed by atoms with van der Waals surface area (Å²) < 4.78 is 0. The van der Waals surface area contributed by atoms with Crippen LogP contribution in [0.15, 0.2) is 0 Å². The Labute approximate surface area is 38.3 Å². The van der Waals surface area contributed by atoms with Gasteiger partial charge in [-0.2, -0.15) is 0 Å². The Morgan fingerprint density at radius 1 is 1.40 bits per heavy atom. The van der Waals surface area contributed by atoms with Gasteiger partial charge in [0.25, 0.3) is 0 Å². The third-order valence-electron chi connectivity index (χ3n) is 0. The molecule has 0 amide bonds. The van der Waals surface area contributed by atoms with Crippen LogP contribution in [0.5, 0.6) is 0 Å². The zero-order valence-electron chi connectivity index (χ0n) is 2.05. The molecule has 30 valence electrons. The van der Waals surface area contributed by atoms with Gasteiger partial charge in [-0.25, -0.2) is 0 Å². The predicted molar refractivity (Wildman–Crippen MR) is 10.4 cm³/mol. The van der Waals surface area contributed by atoms with Crippen molar-refractivity contribution < 1.29 is 22.1 Å². The van der Waals surface area contributed by atoms with E-state index in [0.29, 0.717) is 0 Å². The normalized spacial score (nSPS) is 4.80. The van der Waals surface area contributed by atoms with Gasteiger partial charge in [0.05, 0.1) is 5.09 Å². The van der Waals surface area contributed by atoms with E-state index < -0.39 is 5.09 Å². The van der Waals surface area contributed by atoms with Crippen LogP contribution in [0.2, 0.25) is 0 Å². The maximum atomic E-state index is 8.25. The van der Waals surface area contributed by atoms with E-state index in [2.05, 4.69) is 0 Å². The number of nitrogens with zero attached hydrogens (tertiary/aromatic N) is 1. The van der Waals surface area contributed by atoms with Gasteiger partial charge >= 0.3 is 17.0 Å². The van der Waals surface area contributed by atoms with Crippen molar-refractivity contribution in [1.82, 2.24) is 0 Å². The monoisotopic (exact) mass is 141 g/mol. The Kier molecular flexibility index (Phi) is 6.49. The first-order chi connectivity index (χ1) is 1.73. The topological polar surface area (TPSA) is 66.2 Å². The maximum Gasteiger partial charge on any atom is 1.00 e. The maximum absolute atomic E-state index is 8.25. The average molecular weight is 142 g/mol. The lowest BCUT2D eigenvalue weighted by atomic mass is 13.1. The first-order valence-electron chi connectivity index (χ1n) is 0.548. The fourth-order valence-corrected chi connectivity index (χ4v) is 0. The second-order valence-electron chi connectivity index (χ2n) is 0.224. The highest BCUT2D eigenvalue weighted by Crippen LogP contribution is 1.44. The van der Waals surface area contributed by atoms with Crippen molar-refractivity contribution in [2.45, 2.75) is 0 Å². The van der Waals surface area contributed by atoms with Crippen LogP contribution in [-0.4, -0.2) is 5.09 Å². The summed E-state index contributed by atoms with van der Waals surface area (Å²) in [4.78, 5) is 8.25. The summed E-state index contributed by atoms with van der Waals surface area (Å²) >= 11 is 0. The summed E-state index contributed by atoms with van der Waals surface area (Å²) in [6.07, 6.45) is 0. The van der Waals surface area contributed by atoms with Gasteiger partial charge in [-0.15, -0.1) is 0 Å². The first-order valence-corrected chi connectivity index (χ1v) is 0.548. The molecule has 0 aliphatic rings. The van der Waals surface area contributed by atoms with E-state index >= 15 is 0 Å². The van der Waals surface area contributed by atoms with E-state index in [0.717, 1.165) is 0 Å². The van der Waals surface area contributed by atoms with Crippen LogP contribution < -0.4 is 0 Å². The molecular formula is BrNO3. The number of halogens is 1. The van der Waals surface area contributed by atoms with Crippen molar-refractivity contribution in [3.05, 3.63) is 15.3 Å². The second-order valence-corrected chi connectivity index (χ2v) is 0.224. The smallest absolute Gasteiger partial charge is 0.356 e. The van der Waals surface area contributed by atoms with Gasteiger partial charge in [0, 0.05) is 0 Å². The molecule has 4 nitrogen and oxygen atoms in total. The summed E-state index contributed by atoms with van der Waals surface area (Å²) in [6, 6.07) is 0. The Balaban J connectivity index is 0. The Morgan fingerprint density at radius 3 is 1.40 bits per heavy atom. The number of hydrogen-bond donors (Lipinski definition) is 0. The highest BCUT2D eigenvalue weighted by Gasteiger charge is 1.45. The molecule has 0 heterocycles. The summed E-state index contributed by atoms with van der Waals surface area (Å²) in [5.41, 5.74) is 0. The van der Waals surface area contributed by atoms with E-state index in [1.807, 2.05) is 0 Å². The van der Waals surface area contributed by atoms with Crippen LogP contribution >= 0.6 is 0 Å². The molecule has 5 heavy (non-hydrogen) atoms. The van der Waals surface area contributed by atoms with Crippen LogP contribution in [0.1, 0.15) is 0 Å². The zero-order valence-corrected chi connectivity index (χ0v) is 3.64. The van der Waals surface area contributed by atoms with E-state index in [9.17, 15) is 0 Å². The lowest BCUT2D eigenvalue weighted by Gasteiger charge is -1.74. The molecule has 0 spiro atoms. The van der Waals surface area contributed by atoms with Crippen molar-refractivity contribution in [2.75, 3.05) is 0 Å². The van der Waals surface area contributed by atoms with Crippen molar-refractivity contribution in [3.8, 4) is 0 Å². The molecule has 0 saturated carbocycles. The van der Waals surface area contributed by atoms with E-state index in [1.54, 1.807) is 0 Å². The molecule has 0 aliphatic heterocycles. The van der Waals surface area contributed by atoms with Crippen LogP contribution in [0.25, 0.3) is 0 Å². The summed E-state index contributed by atoms with van der Waals surface area (Å²) in [6.45, 7) is 0. The van der Waals surface area contributed by atoms with Gasteiger partial charge in [-0.1, -0.05) is 0 Å². The van der Waals surface area contributed by atoms with E-state index in [1.165, 1.54) is 0 Å². The van der Waals surface area contributed by atoms with Gasteiger partial charge in [0.1, 0.15) is 0 Å². The van der Waals surface area contributed by atoms with E-state index in [4.69, 9.17) is 15.3 Å². The van der Waals surface area contributed by atoms with Gasteiger partial charge in [-0.05, 0) is 0 Å². The summed E-state index contributed by atoms with van der Waals surface area (Å²) in [5, 5.41) is 14.8. The van der Waals surface area contributed by atoms with Crippen molar-refractivity contribution in [2.24, 2.45) is 0 Å². The lowest BCUT2D eigenvalue weighted by Crippen LogP contribution is -1.74. The molecule has 2 radical (unpaired) electrons. The minimum absolute atomic E-state index is 0. The van der Waals surface area contributed by atoms with Crippen LogP contribution in [0.3, 0.4) is 0 Å². The van der Waals surface area contributed by atoms with Gasteiger partial charge in [0.15, 0.2) is 0 Å². The second kappa shape index (κ2) is 3.68. The summed E-state index contributed by atoms with van der Waals surface area (Å²) in [7, 11) is 0. The van der Waals surface area contributed by atoms with Gasteiger partial charge in [-0.3, -0.25) is 0 Å². The van der Waals surface area contributed by atoms with Crippen LogP contribution in [0, 0.1) is 32.3 Å². The third-order valence-corrected chi connectivity index (χ3v) is 0. The first kappa shape index (κ1) is 8.82. The van der Waals surface area contributed by atoms with Gasteiger partial charge in [0.2, 0.25) is 0 Å².